The minimum Gasteiger partial charge on any atom is -0.379 e. The fraction of sp³-hybridized carbons (Fsp3) is 0.818. The largest absolute Gasteiger partial charge is 0.379 e. The summed E-state index contributed by atoms with van der Waals surface area (Å²) < 4.78 is 5.17. The van der Waals surface area contributed by atoms with Gasteiger partial charge in [-0.25, -0.2) is 0 Å². The van der Waals surface area contributed by atoms with Crippen molar-refractivity contribution in [3.05, 3.63) is 0 Å². The number of carbonyl (C=O) groups is 1. The first-order valence-electron chi connectivity index (χ1n) is 5.59. The van der Waals surface area contributed by atoms with Crippen LogP contribution in [0.5, 0.6) is 0 Å². The SMILES string of the molecule is CCN(CC(C)C#N)C(=O)C1(N)CCOC1. The van der Waals surface area contributed by atoms with Crippen molar-refractivity contribution in [3.63, 3.8) is 0 Å². The van der Waals surface area contributed by atoms with E-state index in [1.165, 1.54) is 0 Å². The number of hydrogen-bond acceptors (Lipinski definition) is 4. The molecule has 0 aromatic heterocycles. The molecule has 16 heavy (non-hydrogen) atoms. The van der Waals surface area contributed by atoms with E-state index >= 15 is 0 Å². The molecule has 90 valence electrons. The third kappa shape index (κ3) is 2.71. The maximum absolute atomic E-state index is 12.2. The third-order valence-corrected chi connectivity index (χ3v) is 2.86. The molecule has 2 N–H and O–H groups in total. The van der Waals surface area contributed by atoms with Gasteiger partial charge in [-0.3, -0.25) is 4.79 Å². The fourth-order valence-electron chi connectivity index (χ4n) is 1.79. The molecule has 1 aliphatic heterocycles. The van der Waals surface area contributed by atoms with Crippen LogP contribution < -0.4 is 5.73 Å². The van der Waals surface area contributed by atoms with E-state index in [9.17, 15) is 4.79 Å². The number of hydrogen-bond donors (Lipinski definition) is 1. The first-order valence-corrected chi connectivity index (χ1v) is 5.59. The molecule has 1 fully saturated rings. The van der Waals surface area contributed by atoms with Crippen LogP contribution in [0.3, 0.4) is 0 Å². The lowest BCUT2D eigenvalue weighted by Crippen LogP contribution is -2.56. The second-order valence-electron chi connectivity index (χ2n) is 4.33. The smallest absolute Gasteiger partial charge is 0.245 e. The molecule has 2 unspecified atom stereocenters. The molecule has 5 heteroatoms. The van der Waals surface area contributed by atoms with E-state index in [2.05, 4.69) is 6.07 Å². The van der Waals surface area contributed by atoms with E-state index in [4.69, 9.17) is 15.7 Å². The minimum absolute atomic E-state index is 0.102. The topological polar surface area (TPSA) is 79.4 Å². The maximum atomic E-state index is 12.2. The Balaban J connectivity index is 2.66. The van der Waals surface area contributed by atoms with Crippen molar-refractivity contribution >= 4 is 5.91 Å². The summed E-state index contributed by atoms with van der Waals surface area (Å²) in [7, 11) is 0. The minimum atomic E-state index is -0.884. The molecule has 1 aliphatic rings. The quantitative estimate of drug-likeness (QED) is 0.736. The molecule has 0 radical (unpaired) electrons. The molecule has 5 nitrogen and oxygen atoms in total. The summed E-state index contributed by atoms with van der Waals surface area (Å²) >= 11 is 0. The average molecular weight is 225 g/mol. The van der Waals surface area contributed by atoms with Gasteiger partial charge < -0.3 is 15.4 Å². The molecule has 0 aliphatic carbocycles. The van der Waals surface area contributed by atoms with Gasteiger partial charge in [0.1, 0.15) is 5.54 Å². The molecule has 0 bridgehead atoms. The molecule has 0 spiro atoms. The monoisotopic (exact) mass is 225 g/mol. The van der Waals surface area contributed by atoms with Crippen LogP contribution in [0.2, 0.25) is 0 Å². The third-order valence-electron chi connectivity index (χ3n) is 2.86. The Kier molecular flexibility index (Phi) is 4.27. The zero-order valence-corrected chi connectivity index (χ0v) is 9.90. The van der Waals surface area contributed by atoms with Gasteiger partial charge in [-0.15, -0.1) is 0 Å². The van der Waals surface area contributed by atoms with Crippen molar-refractivity contribution in [2.45, 2.75) is 25.8 Å². The molecule has 0 aromatic rings. The summed E-state index contributed by atoms with van der Waals surface area (Å²) in [6, 6.07) is 2.12. The summed E-state index contributed by atoms with van der Waals surface area (Å²) in [5, 5.41) is 8.75. The van der Waals surface area contributed by atoms with Crippen molar-refractivity contribution in [2.24, 2.45) is 11.7 Å². The molecule has 2 atom stereocenters. The first kappa shape index (κ1) is 12.9. The van der Waals surface area contributed by atoms with Crippen LogP contribution in [0.25, 0.3) is 0 Å². The number of nitrogens with two attached hydrogens (primary N) is 1. The van der Waals surface area contributed by atoms with Gasteiger partial charge in [0.2, 0.25) is 5.91 Å². The molecular weight excluding hydrogens is 206 g/mol. The highest BCUT2D eigenvalue weighted by Crippen LogP contribution is 2.19. The molecule has 1 rings (SSSR count). The van der Waals surface area contributed by atoms with Gasteiger partial charge >= 0.3 is 0 Å². The average Bonchev–Trinajstić information content (AvgIpc) is 2.73. The Morgan fingerprint density at radius 1 is 1.75 bits per heavy atom. The van der Waals surface area contributed by atoms with Gasteiger partial charge in [0.25, 0.3) is 0 Å². The maximum Gasteiger partial charge on any atom is 0.245 e. The number of carbonyl (C=O) groups excluding carboxylic acids is 1. The van der Waals surface area contributed by atoms with Crippen LogP contribution in [0.15, 0.2) is 0 Å². The van der Waals surface area contributed by atoms with E-state index in [0.717, 1.165) is 0 Å². The van der Waals surface area contributed by atoms with Crippen molar-refractivity contribution in [1.82, 2.24) is 4.90 Å². The van der Waals surface area contributed by atoms with Gasteiger partial charge in [-0.1, -0.05) is 0 Å². The number of nitriles is 1. The standard InChI is InChI=1S/C11H19N3O2/c1-3-14(7-9(2)6-12)10(15)11(13)4-5-16-8-11/h9H,3-5,7-8,13H2,1-2H3. The number of amides is 1. The van der Waals surface area contributed by atoms with Crippen molar-refractivity contribution < 1.29 is 9.53 Å². The van der Waals surface area contributed by atoms with Gasteiger partial charge in [-0.2, -0.15) is 5.26 Å². The van der Waals surface area contributed by atoms with E-state index in [-0.39, 0.29) is 18.4 Å². The lowest BCUT2D eigenvalue weighted by atomic mass is 9.97. The van der Waals surface area contributed by atoms with Gasteiger partial charge in [0, 0.05) is 19.7 Å². The van der Waals surface area contributed by atoms with Crippen LogP contribution in [-0.4, -0.2) is 42.6 Å². The van der Waals surface area contributed by atoms with Gasteiger partial charge in [0.05, 0.1) is 18.6 Å². The van der Waals surface area contributed by atoms with Crippen LogP contribution >= 0.6 is 0 Å². The Morgan fingerprint density at radius 2 is 2.44 bits per heavy atom. The van der Waals surface area contributed by atoms with Crippen LogP contribution in [0.4, 0.5) is 0 Å². The van der Waals surface area contributed by atoms with Crippen LogP contribution in [-0.2, 0) is 9.53 Å². The van der Waals surface area contributed by atoms with Gasteiger partial charge in [0.15, 0.2) is 0 Å². The highest BCUT2D eigenvalue weighted by molar-refractivity contribution is 5.86. The number of ether oxygens (including phenoxy) is 1. The summed E-state index contributed by atoms with van der Waals surface area (Å²) in [5.41, 5.74) is 5.11. The van der Waals surface area contributed by atoms with E-state index in [0.29, 0.717) is 26.1 Å². The fourth-order valence-corrected chi connectivity index (χ4v) is 1.79. The van der Waals surface area contributed by atoms with Crippen molar-refractivity contribution in [3.8, 4) is 6.07 Å². The second-order valence-corrected chi connectivity index (χ2v) is 4.33. The number of nitrogens with zero attached hydrogens (tertiary/aromatic N) is 2. The van der Waals surface area contributed by atoms with Gasteiger partial charge in [-0.05, 0) is 20.3 Å². The summed E-state index contributed by atoms with van der Waals surface area (Å²) in [5.74, 6) is -0.274. The zero-order chi connectivity index (χ0) is 12.2. The Labute approximate surface area is 96.2 Å². The van der Waals surface area contributed by atoms with Crippen molar-refractivity contribution in [2.75, 3.05) is 26.3 Å². The van der Waals surface area contributed by atoms with Crippen LogP contribution in [0.1, 0.15) is 20.3 Å². The molecule has 0 aromatic carbocycles. The highest BCUT2D eigenvalue weighted by atomic mass is 16.5. The molecule has 1 saturated heterocycles. The van der Waals surface area contributed by atoms with E-state index in [1.807, 2.05) is 6.92 Å². The normalized spacial score (nSPS) is 26.1. The Hall–Kier alpha value is -1.12. The molecule has 1 heterocycles. The number of rotatable bonds is 4. The first-order chi connectivity index (χ1) is 7.53. The summed E-state index contributed by atoms with van der Waals surface area (Å²) in [6.45, 7) is 5.51. The molecular formula is C11H19N3O2. The summed E-state index contributed by atoms with van der Waals surface area (Å²) in [6.07, 6.45) is 0.559. The molecule has 1 amide bonds. The van der Waals surface area contributed by atoms with Crippen LogP contribution in [0, 0.1) is 17.2 Å². The summed E-state index contributed by atoms with van der Waals surface area (Å²) in [4.78, 5) is 13.8. The Bertz CT molecular complexity index is 292. The Morgan fingerprint density at radius 3 is 2.88 bits per heavy atom. The second kappa shape index (κ2) is 5.28. The predicted octanol–water partition coefficient (Wildman–Crippen LogP) is 0.112. The predicted molar refractivity (Wildman–Crippen MR) is 59.4 cm³/mol. The zero-order valence-electron chi connectivity index (χ0n) is 9.90. The molecule has 0 saturated carbocycles. The van der Waals surface area contributed by atoms with E-state index < -0.39 is 5.54 Å². The number of likely N-dealkylation sites (N-methyl/N-ethyl adjacent to an activating group) is 1. The lowest BCUT2D eigenvalue weighted by molar-refractivity contribution is -0.137. The van der Waals surface area contributed by atoms with E-state index in [1.54, 1.807) is 11.8 Å². The lowest BCUT2D eigenvalue weighted by Gasteiger charge is -2.30. The highest BCUT2D eigenvalue weighted by Gasteiger charge is 2.40. The van der Waals surface area contributed by atoms with Crippen molar-refractivity contribution in [1.29, 1.82) is 5.26 Å².